The summed E-state index contributed by atoms with van der Waals surface area (Å²) < 4.78 is 6.35. The number of carboxylic acid groups (broad SMARTS) is 1. The minimum atomic E-state index is -0.978. The molecule has 5 heteroatoms. The fourth-order valence-electron chi connectivity index (χ4n) is 2.91. The van der Waals surface area contributed by atoms with Crippen LogP contribution in [0.3, 0.4) is 0 Å². The molecule has 0 unspecified atom stereocenters. The maximum atomic E-state index is 10.7. The van der Waals surface area contributed by atoms with Crippen LogP contribution in [-0.4, -0.2) is 23.4 Å². The lowest BCUT2D eigenvalue weighted by Crippen LogP contribution is -2.09. The van der Waals surface area contributed by atoms with Crippen LogP contribution < -0.4 is 4.74 Å². The van der Waals surface area contributed by atoms with Crippen LogP contribution in [0.5, 0.6) is 5.75 Å². The van der Waals surface area contributed by atoms with Crippen molar-refractivity contribution in [3.8, 4) is 5.75 Å². The Morgan fingerprint density at radius 3 is 2.48 bits per heavy atom. The third kappa shape index (κ3) is 6.24. The van der Waals surface area contributed by atoms with Gasteiger partial charge in [0.15, 0.2) is 6.61 Å². The molecule has 148 valence electrons. The van der Waals surface area contributed by atoms with Crippen molar-refractivity contribution < 1.29 is 14.6 Å². The van der Waals surface area contributed by atoms with Crippen LogP contribution in [0, 0.1) is 6.92 Å². The van der Waals surface area contributed by atoms with Crippen molar-refractivity contribution in [3.05, 3.63) is 100 Å². The average Bonchev–Trinajstić information content (AvgIpc) is 2.71. The first kappa shape index (κ1) is 21.2. The summed E-state index contributed by atoms with van der Waals surface area (Å²) in [5.41, 5.74) is 4.47. The van der Waals surface area contributed by atoms with Crippen LogP contribution in [0.25, 0.3) is 5.57 Å². The van der Waals surface area contributed by atoms with Gasteiger partial charge in [-0.2, -0.15) is 0 Å². The number of rotatable bonds is 8. The number of aryl methyl sites for hydroxylation is 1. The normalized spacial score (nSPS) is 11.3. The van der Waals surface area contributed by atoms with Crippen molar-refractivity contribution in [3.63, 3.8) is 0 Å². The number of aliphatic carboxylic acids is 1. The Morgan fingerprint density at radius 2 is 1.79 bits per heavy atom. The van der Waals surface area contributed by atoms with Crippen LogP contribution in [-0.2, 0) is 4.79 Å². The number of carboxylic acids is 1. The molecule has 29 heavy (non-hydrogen) atoms. The molecule has 0 heterocycles. The van der Waals surface area contributed by atoms with Gasteiger partial charge in [-0.25, -0.2) is 4.79 Å². The fourth-order valence-corrected chi connectivity index (χ4v) is 4.18. The Hall–Kier alpha value is -2.50. The first-order chi connectivity index (χ1) is 14.0. The van der Waals surface area contributed by atoms with Gasteiger partial charge in [0, 0.05) is 15.1 Å². The van der Waals surface area contributed by atoms with Gasteiger partial charge in [0.2, 0.25) is 0 Å². The molecule has 0 saturated carbocycles. The number of carbonyl (C=O) groups is 1. The molecule has 0 fully saturated rings. The zero-order valence-electron chi connectivity index (χ0n) is 16.0. The van der Waals surface area contributed by atoms with Crippen molar-refractivity contribution >= 4 is 39.2 Å². The second-order valence-corrected chi connectivity index (χ2v) is 8.42. The number of hydrogen-bond acceptors (Lipinski definition) is 3. The minimum Gasteiger partial charge on any atom is -0.482 e. The number of benzene rings is 3. The topological polar surface area (TPSA) is 46.5 Å². The predicted molar refractivity (Wildman–Crippen MR) is 123 cm³/mol. The van der Waals surface area contributed by atoms with Crippen LogP contribution in [0.2, 0.25) is 0 Å². The van der Waals surface area contributed by atoms with Crippen molar-refractivity contribution in [1.82, 2.24) is 0 Å². The van der Waals surface area contributed by atoms with Gasteiger partial charge in [-0.15, -0.1) is 11.8 Å². The molecule has 3 nitrogen and oxygen atoms in total. The van der Waals surface area contributed by atoms with E-state index in [1.807, 2.05) is 55.5 Å². The molecule has 1 N–H and O–H groups in total. The highest BCUT2D eigenvalue weighted by molar-refractivity contribution is 9.10. The summed E-state index contributed by atoms with van der Waals surface area (Å²) in [7, 11) is 0. The number of halogens is 1. The van der Waals surface area contributed by atoms with Gasteiger partial charge in [-0.1, -0.05) is 64.5 Å². The fraction of sp³-hybridized carbons (Fsp3) is 0.125. The smallest absolute Gasteiger partial charge is 0.341 e. The van der Waals surface area contributed by atoms with Gasteiger partial charge >= 0.3 is 5.97 Å². The third-order valence-corrected chi connectivity index (χ3v) is 5.67. The van der Waals surface area contributed by atoms with E-state index in [-0.39, 0.29) is 6.61 Å². The summed E-state index contributed by atoms with van der Waals surface area (Å²) in [6, 6.07) is 24.5. The standard InChI is InChI=1S/C24H21BrO3S/c1-17-14-21(10-11-23(17)28-16-24(26)27)29-13-12-22(18-6-3-2-4-7-18)19-8-5-9-20(25)15-19/h2-12,14-15H,13,16H2,1H3,(H,26,27). The van der Waals surface area contributed by atoms with E-state index in [9.17, 15) is 4.79 Å². The van der Waals surface area contributed by atoms with Crippen molar-refractivity contribution in [2.75, 3.05) is 12.4 Å². The lowest BCUT2D eigenvalue weighted by Gasteiger charge is -2.11. The van der Waals surface area contributed by atoms with Crippen LogP contribution in [0.4, 0.5) is 0 Å². The Kier molecular flexibility index (Phi) is 7.55. The number of ether oxygens (including phenoxy) is 1. The predicted octanol–water partition coefficient (Wildman–Crippen LogP) is 6.44. The van der Waals surface area contributed by atoms with Gasteiger partial charge in [-0.05, 0) is 59.5 Å². The Bertz CT molecular complexity index is 1020. The van der Waals surface area contributed by atoms with E-state index in [4.69, 9.17) is 9.84 Å². The molecular formula is C24H21BrO3S. The molecule has 0 saturated heterocycles. The van der Waals surface area contributed by atoms with Crippen LogP contribution in [0.15, 0.2) is 88.2 Å². The lowest BCUT2D eigenvalue weighted by atomic mass is 9.98. The molecule has 0 aromatic heterocycles. The Balaban J connectivity index is 1.76. The summed E-state index contributed by atoms with van der Waals surface area (Å²) >= 11 is 5.29. The van der Waals surface area contributed by atoms with E-state index in [1.54, 1.807) is 11.8 Å². The minimum absolute atomic E-state index is 0.330. The van der Waals surface area contributed by atoms with Gasteiger partial charge in [0.05, 0.1) is 0 Å². The maximum absolute atomic E-state index is 10.7. The highest BCUT2D eigenvalue weighted by atomic mass is 79.9. The average molecular weight is 469 g/mol. The first-order valence-electron chi connectivity index (χ1n) is 9.12. The zero-order chi connectivity index (χ0) is 20.6. The van der Waals surface area contributed by atoms with Crippen molar-refractivity contribution in [2.24, 2.45) is 0 Å². The second kappa shape index (κ2) is 10.3. The molecule has 3 rings (SSSR count). The Labute approximate surface area is 183 Å². The largest absolute Gasteiger partial charge is 0.482 e. The summed E-state index contributed by atoms with van der Waals surface area (Å²) in [6.07, 6.45) is 2.24. The van der Waals surface area contributed by atoms with E-state index in [0.717, 1.165) is 20.7 Å². The number of thioether (sulfide) groups is 1. The van der Waals surface area contributed by atoms with Gasteiger partial charge in [-0.3, -0.25) is 0 Å². The van der Waals surface area contributed by atoms with Gasteiger partial charge in [0.25, 0.3) is 0 Å². The van der Waals surface area contributed by atoms with Gasteiger partial charge < -0.3 is 9.84 Å². The second-order valence-electron chi connectivity index (χ2n) is 6.41. The SMILES string of the molecule is Cc1cc(SCC=C(c2ccccc2)c2cccc(Br)c2)ccc1OCC(=O)O. The monoisotopic (exact) mass is 468 g/mol. The van der Waals surface area contributed by atoms with Crippen LogP contribution in [0.1, 0.15) is 16.7 Å². The Morgan fingerprint density at radius 1 is 1.03 bits per heavy atom. The zero-order valence-corrected chi connectivity index (χ0v) is 18.4. The molecule has 0 aliphatic rings. The molecule has 3 aromatic rings. The summed E-state index contributed by atoms with van der Waals surface area (Å²) in [5.74, 6) is 0.436. The first-order valence-corrected chi connectivity index (χ1v) is 10.9. The van der Waals surface area contributed by atoms with Crippen molar-refractivity contribution in [2.45, 2.75) is 11.8 Å². The molecule has 3 aromatic carbocycles. The molecule has 0 amide bonds. The molecule has 0 aliphatic heterocycles. The molecule has 0 atom stereocenters. The molecule has 0 aliphatic carbocycles. The van der Waals surface area contributed by atoms with Gasteiger partial charge in [0.1, 0.15) is 5.75 Å². The highest BCUT2D eigenvalue weighted by Gasteiger charge is 2.07. The van der Waals surface area contributed by atoms with E-state index < -0.39 is 5.97 Å². The quantitative estimate of drug-likeness (QED) is 0.386. The maximum Gasteiger partial charge on any atom is 0.341 e. The summed E-state index contributed by atoms with van der Waals surface area (Å²) in [4.78, 5) is 11.8. The van der Waals surface area contributed by atoms with Crippen molar-refractivity contribution in [1.29, 1.82) is 0 Å². The molecule has 0 spiro atoms. The van der Waals surface area contributed by atoms with E-state index in [1.165, 1.54) is 16.7 Å². The third-order valence-electron chi connectivity index (χ3n) is 4.26. The molecular weight excluding hydrogens is 448 g/mol. The van der Waals surface area contributed by atoms with E-state index in [2.05, 4.69) is 46.3 Å². The summed E-state index contributed by atoms with van der Waals surface area (Å²) in [6.45, 7) is 1.59. The summed E-state index contributed by atoms with van der Waals surface area (Å²) in [5, 5.41) is 8.75. The highest BCUT2D eigenvalue weighted by Crippen LogP contribution is 2.29. The molecule has 0 bridgehead atoms. The lowest BCUT2D eigenvalue weighted by molar-refractivity contribution is -0.139. The molecule has 0 radical (unpaired) electrons. The van der Waals surface area contributed by atoms with E-state index >= 15 is 0 Å². The van der Waals surface area contributed by atoms with Crippen LogP contribution >= 0.6 is 27.7 Å². The van der Waals surface area contributed by atoms with E-state index in [0.29, 0.717) is 5.75 Å². The number of hydrogen-bond donors (Lipinski definition) is 1.